The highest BCUT2D eigenvalue weighted by Crippen LogP contribution is 2.28. The van der Waals surface area contributed by atoms with Gasteiger partial charge >= 0.3 is 0 Å². The number of carbonyl (C=O) groups is 2. The van der Waals surface area contributed by atoms with Crippen molar-refractivity contribution in [2.24, 2.45) is 0 Å². The van der Waals surface area contributed by atoms with E-state index in [0.29, 0.717) is 18.8 Å². The van der Waals surface area contributed by atoms with E-state index in [0.717, 1.165) is 25.7 Å². The molecule has 0 unspecified atom stereocenters. The number of sulfonamides is 1. The first kappa shape index (κ1) is 24.0. The summed E-state index contributed by atoms with van der Waals surface area (Å²) in [5.74, 6) is -0.903. The van der Waals surface area contributed by atoms with Gasteiger partial charge < -0.3 is 10.6 Å². The molecule has 0 atom stereocenters. The Balaban J connectivity index is 1.87. The molecule has 0 radical (unpaired) electrons. The minimum atomic E-state index is -3.83. The van der Waals surface area contributed by atoms with Crippen molar-refractivity contribution in [3.05, 3.63) is 71.3 Å². The Kier molecular flexibility index (Phi) is 8.06. The Morgan fingerprint density at radius 2 is 1.72 bits per heavy atom. The number of halogens is 1. The van der Waals surface area contributed by atoms with E-state index in [9.17, 15) is 18.0 Å². The maximum absolute atomic E-state index is 13.2. The number of amides is 2. The maximum atomic E-state index is 13.2. The van der Waals surface area contributed by atoms with E-state index in [4.69, 9.17) is 11.6 Å². The third-order valence-corrected chi connectivity index (χ3v) is 7.58. The molecule has 0 bridgehead atoms. The van der Waals surface area contributed by atoms with Gasteiger partial charge in [0, 0.05) is 25.2 Å². The first-order chi connectivity index (χ1) is 15.3. The lowest BCUT2D eigenvalue weighted by atomic mass is 10.1. The van der Waals surface area contributed by atoms with Crippen LogP contribution >= 0.6 is 11.6 Å². The van der Waals surface area contributed by atoms with Gasteiger partial charge in [0.15, 0.2) is 0 Å². The van der Waals surface area contributed by atoms with Crippen LogP contribution in [0.4, 0.5) is 5.69 Å². The van der Waals surface area contributed by atoms with Crippen molar-refractivity contribution < 1.29 is 18.0 Å². The van der Waals surface area contributed by atoms with Gasteiger partial charge in [-0.05, 0) is 43.2 Å². The molecule has 2 amide bonds. The van der Waals surface area contributed by atoms with Crippen molar-refractivity contribution in [2.45, 2.75) is 30.6 Å². The number of nitrogens with zero attached hydrogens (tertiary/aromatic N) is 1. The zero-order valence-electron chi connectivity index (χ0n) is 17.6. The molecular weight excluding hydrogens is 450 g/mol. The lowest BCUT2D eigenvalue weighted by molar-refractivity contribution is 0.0959. The molecule has 1 aliphatic rings. The summed E-state index contributed by atoms with van der Waals surface area (Å²) in [5.41, 5.74) is 0.726. The van der Waals surface area contributed by atoms with E-state index in [-0.39, 0.29) is 33.5 Å². The minimum absolute atomic E-state index is 0.0648. The van der Waals surface area contributed by atoms with Crippen LogP contribution in [0.2, 0.25) is 5.02 Å². The summed E-state index contributed by atoms with van der Waals surface area (Å²) in [5, 5.41) is 5.43. The molecule has 170 valence electrons. The molecule has 7 nitrogen and oxygen atoms in total. The van der Waals surface area contributed by atoms with Crippen LogP contribution in [0.3, 0.4) is 0 Å². The van der Waals surface area contributed by atoms with Crippen molar-refractivity contribution >= 4 is 39.1 Å². The van der Waals surface area contributed by atoms with E-state index in [2.05, 4.69) is 17.2 Å². The van der Waals surface area contributed by atoms with Gasteiger partial charge in [0.2, 0.25) is 10.0 Å². The predicted molar refractivity (Wildman–Crippen MR) is 126 cm³/mol. The van der Waals surface area contributed by atoms with E-state index in [1.807, 2.05) is 0 Å². The SMILES string of the molecule is C=CCNC(=O)c1ccccc1NC(=O)c1ccc(Cl)c(S(=O)(=O)N2CCCCCC2)c1. The second-order valence-electron chi connectivity index (χ2n) is 7.46. The number of hydrogen-bond donors (Lipinski definition) is 2. The van der Waals surface area contributed by atoms with Crippen molar-refractivity contribution in [3.8, 4) is 0 Å². The summed E-state index contributed by atoms with van der Waals surface area (Å²) in [6, 6.07) is 10.7. The Morgan fingerprint density at radius 3 is 2.41 bits per heavy atom. The van der Waals surface area contributed by atoms with Crippen LogP contribution in [0.1, 0.15) is 46.4 Å². The van der Waals surface area contributed by atoms with Gasteiger partial charge in [0.1, 0.15) is 4.90 Å². The normalized spacial score (nSPS) is 14.9. The number of anilines is 1. The molecule has 2 aromatic rings. The number of benzene rings is 2. The first-order valence-electron chi connectivity index (χ1n) is 10.4. The zero-order chi connectivity index (χ0) is 23.1. The van der Waals surface area contributed by atoms with Crippen LogP contribution in [0, 0.1) is 0 Å². The minimum Gasteiger partial charge on any atom is -0.349 e. The maximum Gasteiger partial charge on any atom is 0.255 e. The molecule has 2 N–H and O–H groups in total. The second kappa shape index (κ2) is 10.8. The van der Waals surface area contributed by atoms with Crippen LogP contribution in [0.5, 0.6) is 0 Å². The summed E-state index contributed by atoms with van der Waals surface area (Å²) in [6.07, 6.45) is 5.12. The fraction of sp³-hybridized carbons (Fsp3) is 0.304. The Morgan fingerprint density at radius 1 is 1.03 bits per heavy atom. The van der Waals surface area contributed by atoms with Crippen molar-refractivity contribution in [1.29, 1.82) is 0 Å². The highest BCUT2D eigenvalue weighted by molar-refractivity contribution is 7.89. The second-order valence-corrected chi connectivity index (χ2v) is 9.78. The number of hydrogen-bond acceptors (Lipinski definition) is 4. The quantitative estimate of drug-likeness (QED) is 0.590. The Labute approximate surface area is 193 Å². The summed E-state index contributed by atoms with van der Waals surface area (Å²) >= 11 is 6.22. The van der Waals surface area contributed by atoms with E-state index in [1.54, 1.807) is 30.3 Å². The molecule has 3 rings (SSSR count). The average molecular weight is 476 g/mol. The molecule has 1 fully saturated rings. The average Bonchev–Trinajstić information content (AvgIpc) is 3.08. The van der Waals surface area contributed by atoms with Crippen molar-refractivity contribution in [2.75, 3.05) is 25.0 Å². The van der Waals surface area contributed by atoms with E-state index in [1.165, 1.54) is 22.5 Å². The summed E-state index contributed by atoms with van der Waals surface area (Å²) < 4.78 is 27.8. The fourth-order valence-corrected chi connectivity index (χ4v) is 5.53. The molecule has 1 heterocycles. The van der Waals surface area contributed by atoms with E-state index < -0.39 is 15.9 Å². The standard InChI is InChI=1S/C23H26ClN3O4S/c1-2-13-25-23(29)18-9-5-6-10-20(18)26-22(28)17-11-12-19(24)21(16-17)32(30,31)27-14-7-3-4-8-15-27/h2,5-6,9-12,16H,1,3-4,7-8,13-15H2,(H,25,29)(H,26,28). The Bertz CT molecular complexity index is 1110. The van der Waals surface area contributed by atoms with Gasteiger partial charge in [0.05, 0.1) is 16.3 Å². The van der Waals surface area contributed by atoms with Gasteiger partial charge in [-0.3, -0.25) is 9.59 Å². The molecule has 0 spiro atoms. The van der Waals surface area contributed by atoms with Crippen LogP contribution in [0.15, 0.2) is 60.0 Å². The highest BCUT2D eigenvalue weighted by Gasteiger charge is 2.28. The van der Waals surface area contributed by atoms with Gasteiger partial charge in [-0.2, -0.15) is 4.31 Å². The molecule has 0 aromatic heterocycles. The Hall–Kier alpha value is -2.68. The van der Waals surface area contributed by atoms with Crippen LogP contribution in [-0.2, 0) is 10.0 Å². The lowest BCUT2D eigenvalue weighted by Gasteiger charge is -2.21. The third-order valence-electron chi connectivity index (χ3n) is 5.20. The van der Waals surface area contributed by atoms with Gasteiger partial charge in [-0.1, -0.05) is 42.7 Å². The van der Waals surface area contributed by atoms with Crippen LogP contribution in [0.25, 0.3) is 0 Å². The van der Waals surface area contributed by atoms with Gasteiger partial charge in [-0.25, -0.2) is 8.42 Å². The molecule has 2 aromatic carbocycles. The number of nitrogens with one attached hydrogen (secondary N) is 2. The molecular formula is C23H26ClN3O4S. The number of carbonyl (C=O) groups excluding carboxylic acids is 2. The smallest absolute Gasteiger partial charge is 0.255 e. The largest absolute Gasteiger partial charge is 0.349 e. The molecule has 1 aliphatic heterocycles. The monoisotopic (exact) mass is 475 g/mol. The summed E-state index contributed by atoms with van der Waals surface area (Å²) in [4.78, 5) is 25.2. The molecule has 9 heteroatoms. The summed E-state index contributed by atoms with van der Waals surface area (Å²) in [7, 11) is -3.83. The number of rotatable bonds is 7. The third kappa shape index (κ3) is 5.56. The van der Waals surface area contributed by atoms with Crippen molar-refractivity contribution in [1.82, 2.24) is 9.62 Å². The lowest BCUT2D eigenvalue weighted by Crippen LogP contribution is -2.32. The van der Waals surface area contributed by atoms with Gasteiger partial charge in [0.25, 0.3) is 11.8 Å². The molecule has 1 saturated heterocycles. The number of para-hydroxylation sites is 1. The predicted octanol–water partition coefficient (Wildman–Crippen LogP) is 4.07. The summed E-state index contributed by atoms with van der Waals surface area (Å²) in [6.45, 7) is 4.72. The molecule has 0 aliphatic carbocycles. The van der Waals surface area contributed by atoms with Crippen LogP contribution in [-0.4, -0.2) is 44.2 Å². The molecule has 0 saturated carbocycles. The van der Waals surface area contributed by atoms with Gasteiger partial charge in [-0.15, -0.1) is 6.58 Å². The zero-order valence-corrected chi connectivity index (χ0v) is 19.2. The highest BCUT2D eigenvalue weighted by atomic mass is 35.5. The topological polar surface area (TPSA) is 95.6 Å². The first-order valence-corrected chi connectivity index (χ1v) is 12.3. The molecule has 32 heavy (non-hydrogen) atoms. The van der Waals surface area contributed by atoms with E-state index >= 15 is 0 Å². The van der Waals surface area contributed by atoms with Crippen LogP contribution < -0.4 is 10.6 Å². The van der Waals surface area contributed by atoms with Crippen molar-refractivity contribution in [3.63, 3.8) is 0 Å². The fourth-order valence-electron chi connectivity index (χ4n) is 3.51.